The van der Waals surface area contributed by atoms with Gasteiger partial charge in [-0.15, -0.1) is 21.5 Å². The monoisotopic (exact) mass is 502 g/mol. The van der Waals surface area contributed by atoms with Gasteiger partial charge in [0.05, 0.1) is 29.7 Å². The summed E-state index contributed by atoms with van der Waals surface area (Å²) in [6, 6.07) is 1.88. The van der Waals surface area contributed by atoms with Crippen molar-refractivity contribution in [1.82, 2.24) is 14.8 Å². The molecule has 0 spiro atoms. The first kappa shape index (κ1) is 24.5. The maximum absolute atomic E-state index is 12.9. The van der Waals surface area contributed by atoms with Gasteiger partial charge in [0.2, 0.25) is 5.91 Å². The molecule has 8 nitrogen and oxygen atoms in total. The van der Waals surface area contributed by atoms with Crippen molar-refractivity contribution in [2.75, 3.05) is 17.7 Å². The van der Waals surface area contributed by atoms with Crippen LogP contribution in [-0.4, -0.2) is 39.0 Å². The van der Waals surface area contributed by atoms with Gasteiger partial charge in [0, 0.05) is 11.4 Å². The average Bonchev–Trinajstić information content (AvgIpc) is 3.49. The van der Waals surface area contributed by atoms with Crippen molar-refractivity contribution >= 4 is 40.0 Å². The number of aryl methyl sites for hydroxylation is 1. The second kappa shape index (κ2) is 10.8. The fourth-order valence-corrected chi connectivity index (χ4v) is 6.37. The number of rotatable bonds is 9. The molecule has 1 unspecified atom stereocenters. The van der Waals surface area contributed by atoms with E-state index in [4.69, 9.17) is 9.15 Å². The fraction of sp³-hybridized carbons (Fsp3) is 0.500. The van der Waals surface area contributed by atoms with Crippen LogP contribution in [0.2, 0.25) is 0 Å². The lowest BCUT2D eigenvalue weighted by Crippen LogP contribution is -2.18. The first-order chi connectivity index (χ1) is 16.4. The van der Waals surface area contributed by atoms with Crippen molar-refractivity contribution in [3.8, 4) is 11.4 Å². The van der Waals surface area contributed by atoms with Crippen LogP contribution < -0.4 is 5.32 Å². The third-order valence-corrected chi connectivity index (χ3v) is 7.98. The molecule has 1 atom stereocenters. The minimum atomic E-state index is -0.361. The lowest BCUT2D eigenvalue weighted by Gasteiger charge is -2.18. The van der Waals surface area contributed by atoms with E-state index < -0.39 is 0 Å². The normalized spacial score (nSPS) is 15.2. The molecule has 0 bridgehead atoms. The number of nitrogens with one attached hydrogen (secondary N) is 1. The number of nitrogens with zero attached hydrogens (tertiary/aromatic N) is 3. The third kappa shape index (κ3) is 5.07. The maximum Gasteiger partial charge on any atom is 0.341 e. The van der Waals surface area contributed by atoms with Crippen molar-refractivity contribution in [3.05, 3.63) is 34.1 Å². The number of furan rings is 1. The molecule has 0 saturated carbocycles. The molecule has 0 fully saturated rings. The molecule has 0 radical (unpaired) electrons. The van der Waals surface area contributed by atoms with E-state index in [-0.39, 0.29) is 17.6 Å². The summed E-state index contributed by atoms with van der Waals surface area (Å²) in [5.74, 6) is 1.70. The number of aromatic nitrogens is 3. The summed E-state index contributed by atoms with van der Waals surface area (Å²) >= 11 is 2.83. The largest absolute Gasteiger partial charge is 0.469 e. The highest BCUT2D eigenvalue weighted by Crippen LogP contribution is 2.40. The van der Waals surface area contributed by atoms with Crippen molar-refractivity contribution < 1.29 is 18.7 Å². The molecule has 34 heavy (non-hydrogen) atoms. The number of esters is 1. The van der Waals surface area contributed by atoms with Crippen molar-refractivity contribution in [1.29, 1.82) is 0 Å². The zero-order chi connectivity index (χ0) is 24.2. The Kier molecular flexibility index (Phi) is 7.77. The topological polar surface area (TPSA) is 99.2 Å². The van der Waals surface area contributed by atoms with Gasteiger partial charge < -0.3 is 19.0 Å². The molecule has 0 aliphatic heterocycles. The zero-order valence-electron chi connectivity index (χ0n) is 20.0. The first-order valence-electron chi connectivity index (χ1n) is 11.6. The SMILES string of the molecule is CCCn1c(SCC(=O)Nc2sc3c(c2C(=O)OCC)CCC(C)C3)nnc1-c1ccoc1C. The molecule has 1 aliphatic carbocycles. The van der Waals surface area contributed by atoms with Crippen LogP contribution in [0.3, 0.4) is 0 Å². The molecule has 182 valence electrons. The van der Waals surface area contributed by atoms with E-state index in [9.17, 15) is 9.59 Å². The van der Waals surface area contributed by atoms with Gasteiger partial charge in [-0.25, -0.2) is 4.79 Å². The standard InChI is InChI=1S/C24H30N4O4S2/c1-5-10-28-21(16-9-11-32-15(16)4)26-27-24(28)33-13-19(29)25-22-20(23(30)31-6-2)17-8-7-14(3)12-18(17)34-22/h9,11,14H,5-8,10,12-13H2,1-4H3,(H,25,29). The van der Waals surface area contributed by atoms with Crippen LogP contribution in [0.1, 0.15) is 60.2 Å². The van der Waals surface area contributed by atoms with Crippen molar-refractivity contribution in [2.24, 2.45) is 5.92 Å². The predicted octanol–water partition coefficient (Wildman–Crippen LogP) is 5.35. The number of carbonyl (C=O) groups excluding carboxylic acids is 2. The minimum absolute atomic E-state index is 0.160. The summed E-state index contributed by atoms with van der Waals surface area (Å²) in [5.41, 5.74) is 2.46. The highest BCUT2D eigenvalue weighted by atomic mass is 32.2. The van der Waals surface area contributed by atoms with Crippen LogP contribution in [-0.2, 0) is 28.9 Å². The zero-order valence-corrected chi connectivity index (χ0v) is 21.6. The molecule has 10 heteroatoms. The number of ether oxygens (including phenoxy) is 1. The Morgan fingerprint density at radius 2 is 2.18 bits per heavy atom. The number of hydrogen-bond donors (Lipinski definition) is 1. The van der Waals surface area contributed by atoms with Gasteiger partial charge in [-0.1, -0.05) is 25.6 Å². The lowest BCUT2D eigenvalue weighted by molar-refractivity contribution is -0.113. The quantitative estimate of drug-likeness (QED) is 0.311. The van der Waals surface area contributed by atoms with Gasteiger partial charge in [-0.3, -0.25) is 4.79 Å². The Morgan fingerprint density at radius 3 is 2.88 bits per heavy atom. The number of thiophene rings is 1. The van der Waals surface area contributed by atoms with Gasteiger partial charge in [0.1, 0.15) is 10.8 Å². The van der Waals surface area contributed by atoms with Crippen molar-refractivity contribution in [3.63, 3.8) is 0 Å². The Balaban J connectivity index is 1.50. The van der Waals surface area contributed by atoms with Crippen LogP contribution in [0.25, 0.3) is 11.4 Å². The molecule has 4 rings (SSSR count). The number of anilines is 1. The highest BCUT2D eigenvalue weighted by Gasteiger charge is 2.29. The van der Waals surface area contributed by atoms with Gasteiger partial charge in [0.15, 0.2) is 11.0 Å². The van der Waals surface area contributed by atoms with E-state index in [1.165, 1.54) is 28.0 Å². The highest BCUT2D eigenvalue weighted by molar-refractivity contribution is 7.99. The Bertz CT molecular complexity index is 1180. The van der Waals surface area contributed by atoms with Gasteiger partial charge in [0.25, 0.3) is 0 Å². The number of thioether (sulfide) groups is 1. The molecule has 3 aromatic heterocycles. The summed E-state index contributed by atoms with van der Waals surface area (Å²) in [4.78, 5) is 26.8. The van der Waals surface area contributed by atoms with Crippen LogP contribution in [0, 0.1) is 12.8 Å². The Morgan fingerprint density at radius 1 is 1.35 bits per heavy atom. The molecule has 3 heterocycles. The summed E-state index contributed by atoms with van der Waals surface area (Å²) in [6.07, 6.45) is 5.34. The van der Waals surface area contributed by atoms with Crippen molar-refractivity contribution in [2.45, 2.75) is 65.1 Å². The number of carbonyl (C=O) groups is 2. The number of amides is 1. The van der Waals surface area contributed by atoms with E-state index in [0.717, 1.165) is 54.9 Å². The summed E-state index contributed by atoms with van der Waals surface area (Å²) in [5, 5.41) is 12.9. The number of fused-ring (bicyclic) bond motifs is 1. The Labute approximate surface area is 207 Å². The van der Waals surface area contributed by atoms with Crippen LogP contribution >= 0.6 is 23.1 Å². The van der Waals surface area contributed by atoms with Gasteiger partial charge >= 0.3 is 5.97 Å². The summed E-state index contributed by atoms with van der Waals surface area (Å²) in [6.45, 7) is 9.02. The molecule has 1 N–H and O–H groups in total. The van der Waals surface area contributed by atoms with Gasteiger partial charge in [-0.05, 0) is 57.1 Å². The first-order valence-corrected chi connectivity index (χ1v) is 13.4. The molecule has 1 amide bonds. The molecular formula is C24H30N4O4S2. The number of hydrogen-bond acceptors (Lipinski definition) is 8. The molecule has 1 aliphatic rings. The van der Waals surface area contributed by atoms with Crippen LogP contribution in [0.4, 0.5) is 5.00 Å². The average molecular weight is 503 g/mol. The second-order valence-electron chi connectivity index (χ2n) is 8.46. The Hall–Kier alpha value is -2.59. The third-order valence-electron chi connectivity index (χ3n) is 5.84. The van der Waals surface area contributed by atoms with Crippen LogP contribution in [0.15, 0.2) is 21.9 Å². The minimum Gasteiger partial charge on any atom is -0.469 e. The summed E-state index contributed by atoms with van der Waals surface area (Å²) < 4.78 is 12.7. The molecular weight excluding hydrogens is 472 g/mol. The van der Waals surface area contributed by atoms with E-state index in [1.54, 1.807) is 13.2 Å². The van der Waals surface area contributed by atoms with Crippen LogP contribution in [0.5, 0.6) is 0 Å². The van der Waals surface area contributed by atoms with Gasteiger partial charge in [-0.2, -0.15) is 0 Å². The van der Waals surface area contributed by atoms with E-state index in [2.05, 4.69) is 29.4 Å². The molecule has 0 aromatic carbocycles. The van der Waals surface area contributed by atoms with E-state index in [1.807, 2.05) is 17.6 Å². The lowest BCUT2D eigenvalue weighted by atomic mass is 9.88. The fourth-order valence-electron chi connectivity index (χ4n) is 4.19. The second-order valence-corrected chi connectivity index (χ2v) is 10.5. The van der Waals surface area contributed by atoms with E-state index in [0.29, 0.717) is 28.2 Å². The van der Waals surface area contributed by atoms with E-state index >= 15 is 0 Å². The molecule has 0 saturated heterocycles. The smallest absolute Gasteiger partial charge is 0.341 e. The maximum atomic E-state index is 12.9. The summed E-state index contributed by atoms with van der Waals surface area (Å²) in [7, 11) is 0. The predicted molar refractivity (Wildman–Crippen MR) is 134 cm³/mol. The molecule has 3 aromatic rings.